The van der Waals surface area contributed by atoms with E-state index >= 15 is 0 Å². The van der Waals surface area contributed by atoms with Crippen LogP contribution in [0, 0.1) is 0 Å². The number of aliphatic hydroxyl groups excluding tert-OH is 1. The third-order valence-corrected chi connectivity index (χ3v) is 2.96. The normalized spacial score (nSPS) is 25.4. The first-order chi connectivity index (χ1) is 6.72. The Hall–Kier alpha value is -1.02. The molecule has 0 radical (unpaired) electrons. The van der Waals surface area contributed by atoms with Gasteiger partial charge in [0.25, 0.3) is 0 Å². The van der Waals surface area contributed by atoms with Crippen molar-refractivity contribution in [1.29, 1.82) is 0 Å². The van der Waals surface area contributed by atoms with Crippen LogP contribution < -0.4 is 4.74 Å². The second-order valence-electron chi connectivity index (χ2n) is 3.89. The second-order valence-corrected chi connectivity index (χ2v) is 3.89. The number of hydrogen-bond acceptors (Lipinski definition) is 2. The molecule has 1 aliphatic rings. The molecule has 0 amide bonds. The van der Waals surface area contributed by atoms with E-state index in [2.05, 4.69) is 19.1 Å². The van der Waals surface area contributed by atoms with Gasteiger partial charge in [-0.25, -0.2) is 0 Å². The van der Waals surface area contributed by atoms with Crippen molar-refractivity contribution in [3.63, 3.8) is 0 Å². The van der Waals surface area contributed by atoms with Crippen LogP contribution >= 0.6 is 0 Å². The lowest BCUT2D eigenvalue weighted by Gasteiger charge is -2.28. The first-order valence-electron chi connectivity index (χ1n) is 5.16. The van der Waals surface area contributed by atoms with Gasteiger partial charge in [0, 0.05) is 5.92 Å². The quantitative estimate of drug-likeness (QED) is 0.738. The molecule has 0 aromatic heterocycles. The fourth-order valence-electron chi connectivity index (χ4n) is 1.83. The molecule has 1 aromatic rings. The molecule has 1 heterocycles. The van der Waals surface area contributed by atoms with Crippen LogP contribution in [0.25, 0.3) is 0 Å². The van der Waals surface area contributed by atoms with Gasteiger partial charge in [0.1, 0.15) is 12.4 Å². The summed E-state index contributed by atoms with van der Waals surface area (Å²) in [6.45, 7) is 4.59. The number of hydrogen-bond donors (Lipinski definition) is 1. The minimum atomic E-state index is -0.366. The lowest BCUT2D eigenvalue weighted by Crippen LogP contribution is -2.29. The summed E-state index contributed by atoms with van der Waals surface area (Å²) in [4.78, 5) is 0. The highest BCUT2D eigenvalue weighted by atomic mass is 16.5. The highest BCUT2D eigenvalue weighted by molar-refractivity contribution is 5.41. The molecule has 2 rings (SSSR count). The topological polar surface area (TPSA) is 29.5 Å². The Morgan fingerprint density at radius 2 is 2.29 bits per heavy atom. The van der Waals surface area contributed by atoms with Crippen molar-refractivity contribution in [3.05, 3.63) is 29.3 Å². The number of aliphatic hydroxyl groups is 1. The maximum atomic E-state index is 9.66. The summed E-state index contributed by atoms with van der Waals surface area (Å²) in [6, 6.07) is 6.24. The molecule has 76 valence electrons. The van der Waals surface area contributed by atoms with Crippen LogP contribution in [0.3, 0.4) is 0 Å². The summed E-state index contributed by atoms with van der Waals surface area (Å²) in [5.41, 5.74) is 2.44. The predicted octanol–water partition coefficient (Wildman–Crippen LogP) is 2.11. The maximum Gasteiger partial charge on any atom is 0.123 e. The molecule has 1 N–H and O–H groups in total. The minimum Gasteiger partial charge on any atom is -0.491 e. The summed E-state index contributed by atoms with van der Waals surface area (Å²) >= 11 is 0. The van der Waals surface area contributed by atoms with Crippen LogP contribution in [0.2, 0.25) is 0 Å². The van der Waals surface area contributed by atoms with Crippen molar-refractivity contribution in [2.45, 2.75) is 32.3 Å². The van der Waals surface area contributed by atoms with E-state index in [9.17, 15) is 5.11 Å². The van der Waals surface area contributed by atoms with Gasteiger partial charge in [-0.3, -0.25) is 0 Å². The van der Waals surface area contributed by atoms with E-state index in [1.165, 1.54) is 5.56 Å². The van der Waals surface area contributed by atoms with E-state index < -0.39 is 0 Å². The Kier molecular flexibility index (Phi) is 2.46. The van der Waals surface area contributed by atoms with Gasteiger partial charge < -0.3 is 9.84 Å². The lowest BCUT2D eigenvalue weighted by molar-refractivity contribution is 0.0713. The SMILES string of the molecule is CCc1ccc2c(c1)[C@H](C)[C@H](O)CO2. The van der Waals surface area contributed by atoms with Crippen molar-refractivity contribution >= 4 is 0 Å². The van der Waals surface area contributed by atoms with Crippen molar-refractivity contribution in [3.8, 4) is 5.75 Å². The molecule has 2 atom stereocenters. The third-order valence-electron chi connectivity index (χ3n) is 2.96. The van der Waals surface area contributed by atoms with Crippen LogP contribution in [-0.2, 0) is 6.42 Å². The highest BCUT2D eigenvalue weighted by Crippen LogP contribution is 2.34. The monoisotopic (exact) mass is 192 g/mol. The first-order valence-corrected chi connectivity index (χ1v) is 5.16. The Bertz CT molecular complexity index is 333. The van der Waals surface area contributed by atoms with E-state index in [1.807, 2.05) is 13.0 Å². The molecule has 1 aromatic carbocycles. The number of fused-ring (bicyclic) bond motifs is 1. The fraction of sp³-hybridized carbons (Fsp3) is 0.500. The van der Waals surface area contributed by atoms with Crippen LogP contribution in [0.15, 0.2) is 18.2 Å². The van der Waals surface area contributed by atoms with Gasteiger partial charge in [-0.15, -0.1) is 0 Å². The van der Waals surface area contributed by atoms with Crippen LogP contribution in [-0.4, -0.2) is 17.8 Å². The standard InChI is InChI=1S/C12H16O2/c1-3-9-4-5-12-10(6-9)8(2)11(13)7-14-12/h4-6,8,11,13H,3,7H2,1-2H3/t8-,11+/m0/s1. The molecule has 0 unspecified atom stereocenters. The number of ether oxygens (including phenoxy) is 1. The van der Waals surface area contributed by atoms with Gasteiger partial charge in [0.15, 0.2) is 0 Å². The van der Waals surface area contributed by atoms with Gasteiger partial charge in [-0.05, 0) is 23.6 Å². The molecule has 0 aliphatic carbocycles. The molecule has 0 saturated heterocycles. The Labute approximate surface area is 84.5 Å². The van der Waals surface area contributed by atoms with E-state index in [1.54, 1.807) is 0 Å². The van der Waals surface area contributed by atoms with Crippen molar-refractivity contribution in [1.82, 2.24) is 0 Å². The summed E-state index contributed by atoms with van der Waals surface area (Å²) in [6.07, 6.45) is 0.658. The summed E-state index contributed by atoms with van der Waals surface area (Å²) in [5.74, 6) is 1.12. The molecule has 0 bridgehead atoms. The number of aryl methyl sites for hydroxylation is 1. The first kappa shape index (κ1) is 9.53. The van der Waals surface area contributed by atoms with Crippen molar-refractivity contribution in [2.75, 3.05) is 6.61 Å². The molecule has 0 saturated carbocycles. The van der Waals surface area contributed by atoms with E-state index in [0.29, 0.717) is 6.61 Å². The minimum absolute atomic E-state index is 0.185. The summed E-state index contributed by atoms with van der Waals surface area (Å²) < 4.78 is 5.46. The van der Waals surface area contributed by atoms with E-state index in [-0.39, 0.29) is 12.0 Å². The third kappa shape index (κ3) is 1.50. The fourth-order valence-corrected chi connectivity index (χ4v) is 1.83. The molecule has 2 heteroatoms. The van der Waals surface area contributed by atoms with Crippen LogP contribution in [0.1, 0.15) is 30.9 Å². The molecule has 14 heavy (non-hydrogen) atoms. The van der Waals surface area contributed by atoms with Gasteiger partial charge in [-0.1, -0.05) is 26.0 Å². The Morgan fingerprint density at radius 3 is 3.00 bits per heavy atom. The van der Waals surface area contributed by atoms with Gasteiger partial charge in [0.05, 0.1) is 6.10 Å². The van der Waals surface area contributed by atoms with E-state index in [4.69, 9.17) is 4.74 Å². The van der Waals surface area contributed by atoms with E-state index in [0.717, 1.165) is 17.7 Å². The molecule has 0 spiro atoms. The lowest BCUT2D eigenvalue weighted by atomic mass is 9.91. The molecule has 1 aliphatic heterocycles. The number of benzene rings is 1. The zero-order valence-corrected chi connectivity index (χ0v) is 8.66. The second kappa shape index (κ2) is 3.62. The summed E-state index contributed by atoms with van der Waals surface area (Å²) in [5, 5.41) is 9.66. The zero-order chi connectivity index (χ0) is 10.1. The molecular weight excluding hydrogens is 176 g/mol. The molecule has 0 fully saturated rings. The van der Waals surface area contributed by atoms with Gasteiger partial charge >= 0.3 is 0 Å². The summed E-state index contributed by atoms with van der Waals surface area (Å²) in [7, 11) is 0. The largest absolute Gasteiger partial charge is 0.491 e. The highest BCUT2D eigenvalue weighted by Gasteiger charge is 2.25. The smallest absolute Gasteiger partial charge is 0.123 e. The molecule has 2 nitrogen and oxygen atoms in total. The zero-order valence-electron chi connectivity index (χ0n) is 8.66. The van der Waals surface area contributed by atoms with Gasteiger partial charge in [0.2, 0.25) is 0 Å². The predicted molar refractivity (Wildman–Crippen MR) is 55.7 cm³/mol. The Morgan fingerprint density at radius 1 is 1.50 bits per heavy atom. The van der Waals surface area contributed by atoms with Crippen molar-refractivity contribution < 1.29 is 9.84 Å². The van der Waals surface area contributed by atoms with Crippen LogP contribution in [0.5, 0.6) is 5.75 Å². The average Bonchev–Trinajstić information content (AvgIpc) is 2.23. The maximum absolute atomic E-state index is 9.66. The van der Waals surface area contributed by atoms with Gasteiger partial charge in [-0.2, -0.15) is 0 Å². The van der Waals surface area contributed by atoms with Crippen LogP contribution in [0.4, 0.5) is 0 Å². The van der Waals surface area contributed by atoms with Crippen molar-refractivity contribution in [2.24, 2.45) is 0 Å². The Balaban J connectivity index is 2.41. The molecular formula is C12H16O2. The average molecular weight is 192 g/mol. The number of rotatable bonds is 1.